The summed E-state index contributed by atoms with van der Waals surface area (Å²) in [5.41, 5.74) is 7.17. The SMILES string of the molecule is Cc1ccc(-c2nc(-c3ccc(C)c(C)c3)nc(-c3c(O)ccc4ccccc34)n2)c(C)c1. The summed E-state index contributed by atoms with van der Waals surface area (Å²) >= 11 is 0. The van der Waals surface area contributed by atoms with Gasteiger partial charge in [-0.1, -0.05) is 66.2 Å². The topological polar surface area (TPSA) is 58.9 Å². The number of rotatable bonds is 3. The van der Waals surface area contributed by atoms with Crippen LogP contribution in [0.5, 0.6) is 5.75 Å². The van der Waals surface area contributed by atoms with Crippen molar-refractivity contribution in [2.24, 2.45) is 0 Å². The van der Waals surface area contributed by atoms with E-state index < -0.39 is 0 Å². The molecule has 0 aliphatic carbocycles. The van der Waals surface area contributed by atoms with Crippen LogP contribution in [-0.4, -0.2) is 20.1 Å². The fraction of sp³-hybridized carbons (Fsp3) is 0.138. The van der Waals surface area contributed by atoms with Crippen LogP contribution in [0.25, 0.3) is 44.9 Å². The summed E-state index contributed by atoms with van der Waals surface area (Å²) in [7, 11) is 0. The average molecular weight is 432 g/mol. The van der Waals surface area contributed by atoms with Gasteiger partial charge in [0.1, 0.15) is 5.75 Å². The standard InChI is InChI=1S/C29H25N3O/c1-17-9-13-23(20(4)15-17)28-30-27(22-11-10-18(2)19(3)16-22)31-29(32-28)26-24-8-6-5-7-21(24)12-14-25(26)33/h5-16,33H,1-4H3. The smallest absolute Gasteiger partial charge is 0.168 e. The molecule has 5 aromatic rings. The van der Waals surface area contributed by atoms with Gasteiger partial charge in [-0.25, -0.2) is 15.0 Å². The molecule has 0 amide bonds. The van der Waals surface area contributed by atoms with Crippen molar-refractivity contribution < 1.29 is 5.11 Å². The van der Waals surface area contributed by atoms with Gasteiger partial charge in [0.2, 0.25) is 0 Å². The fourth-order valence-electron chi connectivity index (χ4n) is 4.18. The zero-order chi connectivity index (χ0) is 23.1. The molecule has 0 aliphatic rings. The first-order valence-corrected chi connectivity index (χ1v) is 11.0. The van der Waals surface area contributed by atoms with Crippen LogP contribution in [0.2, 0.25) is 0 Å². The average Bonchev–Trinajstić information content (AvgIpc) is 2.80. The Balaban J connectivity index is 1.82. The van der Waals surface area contributed by atoms with Crippen molar-refractivity contribution in [3.8, 4) is 39.9 Å². The number of aryl methyl sites for hydroxylation is 4. The maximum atomic E-state index is 10.9. The molecule has 0 unspecified atom stereocenters. The van der Waals surface area contributed by atoms with Crippen molar-refractivity contribution in [3.63, 3.8) is 0 Å². The molecule has 0 bridgehead atoms. The van der Waals surface area contributed by atoms with E-state index in [4.69, 9.17) is 15.0 Å². The van der Waals surface area contributed by atoms with Gasteiger partial charge in [-0.3, -0.25) is 0 Å². The van der Waals surface area contributed by atoms with E-state index in [-0.39, 0.29) is 5.75 Å². The van der Waals surface area contributed by atoms with E-state index in [2.05, 4.69) is 58.0 Å². The number of hydrogen-bond donors (Lipinski definition) is 1. The lowest BCUT2D eigenvalue weighted by molar-refractivity contribution is 0.477. The second kappa shape index (κ2) is 8.14. The molecule has 0 saturated carbocycles. The number of benzene rings is 4. The third-order valence-electron chi connectivity index (χ3n) is 6.15. The van der Waals surface area contributed by atoms with E-state index in [0.717, 1.165) is 27.5 Å². The lowest BCUT2D eigenvalue weighted by Crippen LogP contribution is -2.02. The Morgan fingerprint density at radius 3 is 2.15 bits per heavy atom. The lowest BCUT2D eigenvalue weighted by Gasteiger charge is -2.13. The van der Waals surface area contributed by atoms with Crippen LogP contribution < -0.4 is 0 Å². The Labute approximate surface area is 193 Å². The fourth-order valence-corrected chi connectivity index (χ4v) is 4.18. The van der Waals surface area contributed by atoms with E-state index in [9.17, 15) is 5.11 Å². The summed E-state index contributed by atoms with van der Waals surface area (Å²) in [6, 6.07) is 24.0. The minimum atomic E-state index is 0.150. The normalized spacial score (nSPS) is 11.2. The van der Waals surface area contributed by atoms with Gasteiger partial charge in [-0.05, 0) is 67.3 Å². The highest BCUT2D eigenvalue weighted by molar-refractivity contribution is 5.98. The molecule has 4 nitrogen and oxygen atoms in total. The molecule has 0 aliphatic heterocycles. The lowest BCUT2D eigenvalue weighted by atomic mass is 10.0. The molecular weight excluding hydrogens is 406 g/mol. The van der Waals surface area contributed by atoms with Crippen molar-refractivity contribution in [3.05, 3.63) is 95.1 Å². The first-order chi connectivity index (χ1) is 15.9. The molecule has 0 saturated heterocycles. The first-order valence-electron chi connectivity index (χ1n) is 11.0. The summed E-state index contributed by atoms with van der Waals surface area (Å²) in [5.74, 6) is 1.79. The molecule has 0 atom stereocenters. The van der Waals surface area contributed by atoms with Gasteiger partial charge < -0.3 is 5.11 Å². The number of hydrogen-bond acceptors (Lipinski definition) is 4. The highest BCUT2D eigenvalue weighted by Gasteiger charge is 2.18. The summed E-state index contributed by atoms with van der Waals surface area (Å²) in [5, 5.41) is 12.8. The number of phenols is 1. The Morgan fingerprint density at radius 1 is 0.606 bits per heavy atom. The summed E-state index contributed by atoms with van der Waals surface area (Å²) in [4.78, 5) is 14.6. The number of nitrogens with zero attached hydrogens (tertiary/aromatic N) is 3. The summed E-state index contributed by atoms with van der Waals surface area (Å²) in [6.45, 7) is 8.32. The van der Waals surface area contributed by atoms with E-state index in [0.29, 0.717) is 23.0 Å². The van der Waals surface area contributed by atoms with Crippen molar-refractivity contribution in [2.75, 3.05) is 0 Å². The van der Waals surface area contributed by atoms with Crippen LogP contribution in [0.3, 0.4) is 0 Å². The van der Waals surface area contributed by atoms with Crippen molar-refractivity contribution in [2.45, 2.75) is 27.7 Å². The predicted molar refractivity (Wildman–Crippen MR) is 134 cm³/mol. The number of aromatic nitrogens is 3. The van der Waals surface area contributed by atoms with Crippen LogP contribution in [0.15, 0.2) is 72.8 Å². The van der Waals surface area contributed by atoms with Crippen molar-refractivity contribution >= 4 is 10.8 Å². The molecule has 1 heterocycles. The van der Waals surface area contributed by atoms with Gasteiger partial charge in [0.15, 0.2) is 17.5 Å². The number of fused-ring (bicyclic) bond motifs is 1. The van der Waals surface area contributed by atoms with Crippen LogP contribution in [0.4, 0.5) is 0 Å². The van der Waals surface area contributed by atoms with Crippen LogP contribution >= 0.6 is 0 Å². The van der Waals surface area contributed by atoms with Crippen LogP contribution in [0, 0.1) is 27.7 Å². The second-order valence-electron chi connectivity index (χ2n) is 8.60. The largest absolute Gasteiger partial charge is 0.507 e. The van der Waals surface area contributed by atoms with E-state index in [1.807, 2.05) is 36.4 Å². The predicted octanol–water partition coefficient (Wildman–Crippen LogP) is 6.97. The highest BCUT2D eigenvalue weighted by Crippen LogP contribution is 2.36. The molecule has 0 spiro atoms. The zero-order valence-corrected chi connectivity index (χ0v) is 19.2. The highest BCUT2D eigenvalue weighted by atomic mass is 16.3. The Morgan fingerprint density at radius 2 is 1.36 bits per heavy atom. The Kier molecular flexibility index (Phi) is 5.14. The molecule has 1 aromatic heterocycles. The van der Waals surface area contributed by atoms with Crippen LogP contribution in [0.1, 0.15) is 22.3 Å². The van der Waals surface area contributed by atoms with Crippen LogP contribution in [-0.2, 0) is 0 Å². The molecular formula is C29H25N3O. The zero-order valence-electron chi connectivity index (χ0n) is 19.2. The Hall–Kier alpha value is -4.05. The molecule has 4 heteroatoms. The Bertz CT molecular complexity index is 1520. The number of phenolic OH excluding ortho intramolecular Hbond substituents is 1. The third kappa shape index (κ3) is 3.85. The molecule has 1 N–H and O–H groups in total. The van der Waals surface area contributed by atoms with E-state index in [1.54, 1.807) is 6.07 Å². The molecule has 0 radical (unpaired) electrons. The van der Waals surface area contributed by atoms with Gasteiger partial charge in [0.05, 0.1) is 5.56 Å². The minimum absolute atomic E-state index is 0.150. The van der Waals surface area contributed by atoms with E-state index in [1.165, 1.54) is 16.7 Å². The summed E-state index contributed by atoms with van der Waals surface area (Å²) in [6.07, 6.45) is 0. The van der Waals surface area contributed by atoms with Crippen molar-refractivity contribution in [1.82, 2.24) is 15.0 Å². The monoisotopic (exact) mass is 431 g/mol. The van der Waals surface area contributed by atoms with Gasteiger partial charge in [0.25, 0.3) is 0 Å². The third-order valence-corrected chi connectivity index (χ3v) is 6.15. The molecule has 162 valence electrons. The maximum absolute atomic E-state index is 10.9. The minimum Gasteiger partial charge on any atom is -0.507 e. The number of aromatic hydroxyl groups is 1. The molecule has 4 aromatic carbocycles. The van der Waals surface area contributed by atoms with Gasteiger partial charge in [-0.15, -0.1) is 0 Å². The van der Waals surface area contributed by atoms with Gasteiger partial charge in [0, 0.05) is 11.1 Å². The maximum Gasteiger partial charge on any atom is 0.168 e. The van der Waals surface area contributed by atoms with Gasteiger partial charge >= 0.3 is 0 Å². The summed E-state index contributed by atoms with van der Waals surface area (Å²) < 4.78 is 0. The second-order valence-corrected chi connectivity index (χ2v) is 8.60. The molecule has 5 rings (SSSR count). The molecule has 0 fully saturated rings. The van der Waals surface area contributed by atoms with Gasteiger partial charge in [-0.2, -0.15) is 0 Å². The van der Waals surface area contributed by atoms with E-state index >= 15 is 0 Å². The van der Waals surface area contributed by atoms with Crippen molar-refractivity contribution in [1.29, 1.82) is 0 Å². The quantitative estimate of drug-likeness (QED) is 0.335. The molecule has 33 heavy (non-hydrogen) atoms. The first kappa shape index (κ1) is 20.8.